The van der Waals surface area contributed by atoms with Crippen LogP contribution in [0.25, 0.3) is 0 Å². The number of Topliss-reactive ketones (excluding diaryl/α,β-unsaturated/α-hetero) is 1. The number of thiophene rings is 1. The number of benzene rings is 1. The standard InChI is InChI=1S/C15H14BrNOS/c1-10(18)11-2-3-14(13(16)8-11)17-6-4-15-12(9-17)5-7-19-15/h2-3,5,7-8H,4,6,9H2,1H3. The summed E-state index contributed by atoms with van der Waals surface area (Å²) in [6.45, 7) is 3.59. The Morgan fingerprint density at radius 2 is 2.21 bits per heavy atom. The predicted molar refractivity (Wildman–Crippen MR) is 83.2 cm³/mol. The maximum absolute atomic E-state index is 11.4. The van der Waals surface area contributed by atoms with Crippen LogP contribution in [-0.2, 0) is 13.0 Å². The number of halogens is 1. The van der Waals surface area contributed by atoms with Gasteiger partial charge in [-0.3, -0.25) is 4.79 Å². The van der Waals surface area contributed by atoms with Crippen molar-refractivity contribution in [3.8, 4) is 0 Å². The molecule has 4 heteroatoms. The van der Waals surface area contributed by atoms with E-state index in [1.54, 1.807) is 6.92 Å². The van der Waals surface area contributed by atoms with Gasteiger partial charge in [0.25, 0.3) is 0 Å². The fraction of sp³-hybridized carbons (Fsp3) is 0.267. The van der Waals surface area contributed by atoms with Gasteiger partial charge in [0, 0.05) is 28.0 Å². The average molecular weight is 336 g/mol. The summed E-state index contributed by atoms with van der Waals surface area (Å²) >= 11 is 5.44. The first-order valence-corrected chi connectivity index (χ1v) is 7.93. The van der Waals surface area contributed by atoms with Gasteiger partial charge in [0.15, 0.2) is 5.78 Å². The van der Waals surface area contributed by atoms with E-state index < -0.39 is 0 Å². The van der Waals surface area contributed by atoms with Gasteiger partial charge in [-0.15, -0.1) is 11.3 Å². The normalized spacial score (nSPS) is 14.3. The zero-order chi connectivity index (χ0) is 13.4. The van der Waals surface area contributed by atoms with Crippen LogP contribution < -0.4 is 4.90 Å². The van der Waals surface area contributed by atoms with Gasteiger partial charge in [-0.1, -0.05) is 0 Å². The van der Waals surface area contributed by atoms with E-state index in [2.05, 4.69) is 32.3 Å². The molecule has 0 fully saturated rings. The summed E-state index contributed by atoms with van der Waals surface area (Å²) in [5.74, 6) is 0.103. The van der Waals surface area contributed by atoms with Gasteiger partial charge in [0.2, 0.25) is 0 Å². The molecule has 0 atom stereocenters. The van der Waals surface area contributed by atoms with Crippen molar-refractivity contribution in [1.29, 1.82) is 0 Å². The van der Waals surface area contributed by atoms with E-state index in [1.807, 2.05) is 29.5 Å². The summed E-state index contributed by atoms with van der Waals surface area (Å²) in [5.41, 5.74) is 3.35. The van der Waals surface area contributed by atoms with Crippen molar-refractivity contribution in [2.75, 3.05) is 11.4 Å². The van der Waals surface area contributed by atoms with Gasteiger partial charge in [0.05, 0.1) is 5.69 Å². The molecule has 0 saturated heterocycles. The average Bonchev–Trinajstić information content (AvgIpc) is 2.85. The quantitative estimate of drug-likeness (QED) is 0.763. The van der Waals surface area contributed by atoms with E-state index in [0.29, 0.717) is 0 Å². The van der Waals surface area contributed by atoms with Crippen LogP contribution in [0.2, 0.25) is 0 Å². The summed E-state index contributed by atoms with van der Waals surface area (Å²) in [5, 5.41) is 2.17. The number of hydrogen-bond acceptors (Lipinski definition) is 3. The van der Waals surface area contributed by atoms with E-state index in [4.69, 9.17) is 0 Å². The minimum absolute atomic E-state index is 0.103. The largest absolute Gasteiger partial charge is 0.366 e. The smallest absolute Gasteiger partial charge is 0.159 e. The van der Waals surface area contributed by atoms with Crippen molar-refractivity contribution in [2.24, 2.45) is 0 Å². The fourth-order valence-corrected chi connectivity index (χ4v) is 3.96. The molecule has 2 nitrogen and oxygen atoms in total. The molecule has 1 aromatic heterocycles. The lowest BCUT2D eigenvalue weighted by molar-refractivity contribution is 0.101. The van der Waals surface area contributed by atoms with Crippen LogP contribution in [-0.4, -0.2) is 12.3 Å². The van der Waals surface area contributed by atoms with Crippen molar-refractivity contribution in [3.05, 3.63) is 50.1 Å². The Bertz CT molecular complexity index is 635. The minimum Gasteiger partial charge on any atom is -0.366 e. The molecule has 0 saturated carbocycles. The summed E-state index contributed by atoms with van der Waals surface area (Å²) in [6, 6.07) is 8.08. The van der Waals surface area contributed by atoms with E-state index >= 15 is 0 Å². The third-order valence-corrected chi connectivity index (χ3v) is 5.16. The number of carbonyl (C=O) groups excluding carboxylic acids is 1. The molecule has 1 aliphatic rings. The zero-order valence-electron chi connectivity index (χ0n) is 10.6. The lowest BCUT2D eigenvalue weighted by atomic mass is 10.1. The Morgan fingerprint density at radius 1 is 1.37 bits per heavy atom. The lowest BCUT2D eigenvalue weighted by Crippen LogP contribution is -2.29. The van der Waals surface area contributed by atoms with Crippen LogP contribution >= 0.6 is 27.3 Å². The van der Waals surface area contributed by atoms with E-state index in [1.165, 1.54) is 16.1 Å². The van der Waals surface area contributed by atoms with Gasteiger partial charge >= 0.3 is 0 Å². The van der Waals surface area contributed by atoms with Crippen molar-refractivity contribution < 1.29 is 4.79 Å². The molecule has 0 bridgehead atoms. The molecule has 0 unspecified atom stereocenters. The number of ketones is 1. The maximum Gasteiger partial charge on any atom is 0.159 e. The van der Waals surface area contributed by atoms with Crippen molar-refractivity contribution in [1.82, 2.24) is 0 Å². The van der Waals surface area contributed by atoms with Gasteiger partial charge in [-0.25, -0.2) is 0 Å². The highest BCUT2D eigenvalue weighted by atomic mass is 79.9. The third kappa shape index (κ3) is 2.47. The molecule has 2 aromatic rings. The summed E-state index contributed by atoms with van der Waals surface area (Å²) in [7, 11) is 0. The SMILES string of the molecule is CC(=O)c1ccc(N2CCc3sccc3C2)c(Br)c1. The number of carbonyl (C=O) groups is 1. The first-order chi connectivity index (χ1) is 9.15. The second-order valence-corrected chi connectivity index (χ2v) is 6.62. The predicted octanol–water partition coefficient (Wildman–Crippen LogP) is 4.28. The topological polar surface area (TPSA) is 20.3 Å². The van der Waals surface area contributed by atoms with E-state index in [-0.39, 0.29) is 5.78 Å². The van der Waals surface area contributed by atoms with Crippen molar-refractivity contribution in [3.63, 3.8) is 0 Å². The molecular weight excluding hydrogens is 322 g/mol. The van der Waals surface area contributed by atoms with Crippen LogP contribution in [0.4, 0.5) is 5.69 Å². The Morgan fingerprint density at radius 3 is 2.95 bits per heavy atom. The molecule has 1 aromatic carbocycles. The van der Waals surface area contributed by atoms with Crippen LogP contribution in [0.5, 0.6) is 0 Å². The summed E-state index contributed by atoms with van der Waals surface area (Å²) in [6.07, 6.45) is 1.11. The van der Waals surface area contributed by atoms with Gasteiger partial charge in [-0.2, -0.15) is 0 Å². The van der Waals surface area contributed by atoms with Crippen LogP contribution in [0.15, 0.2) is 34.1 Å². The molecule has 3 rings (SSSR count). The highest BCUT2D eigenvalue weighted by Crippen LogP contribution is 2.33. The van der Waals surface area contributed by atoms with E-state index in [0.717, 1.165) is 29.5 Å². The Hall–Kier alpha value is -1.13. The third-order valence-electron chi connectivity index (χ3n) is 3.50. The molecule has 0 radical (unpaired) electrons. The van der Waals surface area contributed by atoms with Crippen LogP contribution in [0.1, 0.15) is 27.7 Å². The lowest BCUT2D eigenvalue weighted by Gasteiger charge is -2.30. The fourth-order valence-electron chi connectivity index (χ4n) is 2.44. The molecule has 0 amide bonds. The van der Waals surface area contributed by atoms with Crippen LogP contribution in [0.3, 0.4) is 0 Å². The molecule has 2 heterocycles. The van der Waals surface area contributed by atoms with Gasteiger partial charge in [0.1, 0.15) is 0 Å². The number of rotatable bonds is 2. The molecule has 19 heavy (non-hydrogen) atoms. The van der Waals surface area contributed by atoms with Gasteiger partial charge in [-0.05, 0) is 64.5 Å². The zero-order valence-corrected chi connectivity index (χ0v) is 13.1. The first kappa shape index (κ1) is 12.9. The minimum atomic E-state index is 0.103. The highest BCUT2D eigenvalue weighted by molar-refractivity contribution is 9.10. The number of nitrogens with zero attached hydrogens (tertiary/aromatic N) is 1. The monoisotopic (exact) mass is 335 g/mol. The second-order valence-electron chi connectivity index (χ2n) is 4.76. The van der Waals surface area contributed by atoms with Crippen molar-refractivity contribution >= 4 is 38.7 Å². The molecular formula is C15H14BrNOS. The number of anilines is 1. The molecule has 0 aliphatic carbocycles. The van der Waals surface area contributed by atoms with Gasteiger partial charge < -0.3 is 4.90 Å². The summed E-state index contributed by atoms with van der Waals surface area (Å²) < 4.78 is 0.999. The molecule has 0 N–H and O–H groups in total. The number of fused-ring (bicyclic) bond motifs is 1. The first-order valence-electron chi connectivity index (χ1n) is 6.26. The highest BCUT2D eigenvalue weighted by Gasteiger charge is 2.19. The van der Waals surface area contributed by atoms with E-state index in [9.17, 15) is 4.79 Å². The van der Waals surface area contributed by atoms with Crippen molar-refractivity contribution in [2.45, 2.75) is 19.9 Å². The van der Waals surface area contributed by atoms with Crippen LogP contribution in [0, 0.1) is 0 Å². The Balaban J connectivity index is 1.90. The molecule has 1 aliphatic heterocycles. The molecule has 0 spiro atoms. The second kappa shape index (κ2) is 5.10. The Kier molecular flexibility index (Phi) is 3.46. The molecule has 98 valence electrons. The number of hydrogen-bond donors (Lipinski definition) is 0. The maximum atomic E-state index is 11.4. The Labute approximate surface area is 125 Å². The summed E-state index contributed by atoms with van der Waals surface area (Å²) in [4.78, 5) is 15.3.